The predicted octanol–water partition coefficient (Wildman–Crippen LogP) is 3.75. The predicted molar refractivity (Wildman–Crippen MR) is 103 cm³/mol. The van der Waals surface area contributed by atoms with E-state index in [1.54, 1.807) is 4.90 Å². The maximum atomic E-state index is 12.7. The number of carbonyl (C=O) groups excluding carboxylic acids is 1. The number of halogens is 4. The molecule has 3 rings (SSSR count). The minimum atomic E-state index is -5.45. The minimum Gasteiger partial charge on any atom is -0.334 e. The van der Waals surface area contributed by atoms with Crippen LogP contribution < -0.4 is 4.72 Å². The molecular formula is C17H14F3IN2O3S. The van der Waals surface area contributed by atoms with Crippen LogP contribution in [0.25, 0.3) is 0 Å². The van der Waals surface area contributed by atoms with E-state index in [1.165, 1.54) is 29.0 Å². The number of hydrogen-bond acceptors (Lipinski definition) is 3. The van der Waals surface area contributed by atoms with Gasteiger partial charge in [-0.3, -0.25) is 9.52 Å². The van der Waals surface area contributed by atoms with Crippen molar-refractivity contribution in [1.29, 1.82) is 0 Å². The number of nitrogens with one attached hydrogen (secondary N) is 1. The number of nitrogens with zero attached hydrogens (tertiary/aromatic N) is 1. The Bertz CT molecular complexity index is 976. The second kappa shape index (κ2) is 7.30. The number of sulfonamides is 1. The molecule has 0 saturated heterocycles. The summed E-state index contributed by atoms with van der Waals surface area (Å²) in [6.45, 7) is 0.823. The van der Waals surface area contributed by atoms with Crippen LogP contribution in [0.1, 0.15) is 21.5 Å². The Balaban J connectivity index is 1.73. The van der Waals surface area contributed by atoms with Gasteiger partial charge in [0.05, 0.1) is 5.56 Å². The molecule has 1 heterocycles. The van der Waals surface area contributed by atoms with Crippen LogP contribution >= 0.6 is 22.6 Å². The van der Waals surface area contributed by atoms with E-state index in [4.69, 9.17) is 0 Å². The van der Waals surface area contributed by atoms with Crippen molar-refractivity contribution in [3.05, 3.63) is 62.7 Å². The molecule has 1 aliphatic heterocycles. The van der Waals surface area contributed by atoms with Gasteiger partial charge in [-0.15, -0.1) is 0 Å². The van der Waals surface area contributed by atoms with Gasteiger partial charge < -0.3 is 4.90 Å². The summed E-state index contributed by atoms with van der Waals surface area (Å²) in [5.74, 6) is -0.0944. The maximum Gasteiger partial charge on any atom is 0.516 e. The average Bonchev–Trinajstić information content (AvgIpc) is 2.58. The number of alkyl halides is 3. The van der Waals surface area contributed by atoms with Gasteiger partial charge in [0.1, 0.15) is 0 Å². The Morgan fingerprint density at radius 2 is 1.78 bits per heavy atom. The Morgan fingerprint density at radius 3 is 2.41 bits per heavy atom. The summed E-state index contributed by atoms with van der Waals surface area (Å²) < 4.78 is 61.8. The van der Waals surface area contributed by atoms with Gasteiger partial charge >= 0.3 is 15.5 Å². The first kappa shape index (κ1) is 19.9. The molecule has 0 unspecified atom stereocenters. The Hall–Kier alpha value is -1.82. The van der Waals surface area contributed by atoms with E-state index in [0.717, 1.165) is 15.6 Å². The van der Waals surface area contributed by atoms with Crippen LogP contribution in [0.3, 0.4) is 0 Å². The van der Waals surface area contributed by atoms with E-state index in [1.807, 2.05) is 18.2 Å². The van der Waals surface area contributed by atoms with Crippen molar-refractivity contribution < 1.29 is 26.4 Å². The van der Waals surface area contributed by atoms with Crippen molar-refractivity contribution in [2.75, 3.05) is 11.3 Å². The highest BCUT2D eigenvalue weighted by Crippen LogP contribution is 2.27. The van der Waals surface area contributed by atoms with E-state index in [9.17, 15) is 26.4 Å². The fourth-order valence-electron chi connectivity index (χ4n) is 2.79. The number of amides is 1. The van der Waals surface area contributed by atoms with Crippen molar-refractivity contribution in [2.24, 2.45) is 0 Å². The zero-order valence-electron chi connectivity index (χ0n) is 13.8. The van der Waals surface area contributed by atoms with Crippen LogP contribution in [0.15, 0.2) is 42.5 Å². The quantitative estimate of drug-likeness (QED) is 0.638. The van der Waals surface area contributed by atoms with Gasteiger partial charge in [0.15, 0.2) is 0 Å². The Morgan fingerprint density at radius 1 is 1.11 bits per heavy atom. The number of hydrogen-bond donors (Lipinski definition) is 1. The third-order valence-corrected chi connectivity index (χ3v) is 6.15. The molecule has 0 atom stereocenters. The molecule has 0 spiro atoms. The van der Waals surface area contributed by atoms with Gasteiger partial charge in [-0.2, -0.15) is 21.6 Å². The first-order valence-corrected chi connectivity index (χ1v) is 10.4. The first-order valence-electron chi connectivity index (χ1n) is 7.83. The van der Waals surface area contributed by atoms with E-state index in [2.05, 4.69) is 22.6 Å². The van der Waals surface area contributed by atoms with Crippen LogP contribution in [0.5, 0.6) is 0 Å². The molecule has 0 radical (unpaired) electrons. The smallest absolute Gasteiger partial charge is 0.334 e. The summed E-state index contributed by atoms with van der Waals surface area (Å²) >= 11 is 2.12. The molecular weight excluding hydrogens is 496 g/mol. The zero-order chi connectivity index (χ0) is 19.8. The lowest BCUT2D eigenvalue weighted by atomic mass is 9.98. The standard InChI is InChI=1S/C17H14F3IN2O3S/c18-17(19,20)27(25,26)22-13-6-4-11(5-7-13)10-23-9-8-12-2-1-3-14(21)15(12)16(23)24/h1-7,22H,8-10H2. The summed E-state index contributed by atoms with van der Waals surface area (Å²) in [6.07, 6.45) is 0.724. The van der Waals surface area contributed by atoms with E-state index in [-0.39, 0.29) is 18.1 Å². The molecule has 1 aliphatic rings. The first-order chi connectivity index (χ1) is 12.6. The molecule has 0 aromatic heterocycles. The lowest BCUT2D eigenvalue weighted by Gasteiger charge is -2.29. The topological polar surface area (TPSA) is 66.5 Å². The van der Waals surface area contributed by atoms with Gasteiger partial charge in [-0.1, -0.05) is 24.3 Å². The number of fused-ring (bicyclic) bond motifs is 1. The molecule has 10 heteroatoms. The van der Waals surface area contributed by atoms with Gasteiger partial charge in [-0.05, 0) is 58.3 Å². The Kier molecular flexibility index (Phi) is 5.39. The Labute approximate surface area is 167 Å². The molecule has 2 aromatic rings. The molecule has 5 nitrogen and oxygen atoms in total. The summed E-state index contributed by atoms with van der Waals surface area (Å²) in [4.78, 5) is 14.4. The fourth-order valence-corrected chi connectivity index (χ4v) is 4.14. The molecule has 2 aromatic carbocycles. The fraction of sp³-hybridized carbons (Fsp3) is 0.235. The van der Waals surface area contributed by atoms with Crippen molar-refractivity contribution in [1.82, 2.24) is 4.90 Å². The molecule has 0 aliphatic carbocycles. The van der Waals surface area contributed by atoms with Crippen LogP contribution in [-0.2, 0) is 23.0 Å². The van der Waals surface area contributed by atoms with Crippen molar-refractivity contribution >= 4 is 44.2 Å². The highest BCUT2D eigenvalue weighted by atomic mass is 127. The zero-order valence-corrected chi connectivity index (χ0v) is 16.7. The molecule has 144 valence electrons. The number of benzene rings is 2. The third-order valence-electron chi connectivity index (χ3n) is 4.14. The van der Waals surface area contributed by atoms with Crippen molar-refractivity contribution in [2.45, 2.75) is 18.5 Å². The van der Waals surface area contributed by atoms with Gasteiger partial charge in [0, 0.05) is 22.3 Å². The van der Waals surface area contributed by atoms with Gasteiger partial charge in [0.25, 0.3) is 5.91 Å². The summed E-state index contributed by atoms with van der Waals surface area (Å²) in [5, 5.41) is 0. The molecule has 0 saturated carbocycles. The van der Waals surface area contributed by atoms with Gasteiger partial charge in [-0.25, -0.2) is 0 Å². The van der Waals surface area contributed by atoms with E-state index >= 15 is 0 Å². The second-order valence-electron chi connectivity index (χ2n) is 6.00. The van der Waals surface area contributed by atoms with Crippen molar-refractivity contribution in [3.8, 4) is 0 Å². The maximum absolute atomic E-state index is 12.7. The van der Waals surface area contributed by atoms with Crippen LogP contribution in [0.2, 0.25) is 0 Å². The highest BCUT2D eigenvalue weighted by molar-refractivity contribution is 14.1. The van der Waals surface area contributed by atoms with Gasteiger partial charge in [0.2, 0.25) is 0 Å². The highest BCUT2D eigenvalue weighted by Gasteiger charge is 2.46. The molecule has 0 bridgehead atoms. The number of rotatable bonds is 4. The van der Waals surface area contributed by atoms with E-state index in [0.29, 0.717) is 17.7 Å². The van der Waals surface area contributed by atoms with Crippen molar-refractivity contribution in [3.63, 3.8) is 0 Å². The SMILES string of the molecule is O=C1c2c(I)cccc2CCN1Cc1ccc(NS(=O)(=O)C(F)(F)F)cc1. The van der Waals surface area contributed by atoms with E-state index < -0.39 is 15.5 Å². The monoisotopic (exact) mass is 510 g/mol. The second-order valence-corrected chi connectivity index (χ2v) is 8.83. The average molecular weight is 510 g/mol. The molecule has 1 amide bonds. The molecule has 27 heavy (non-hydrogen) atoms. The lowest BCUT2D eigenvalue weighted by molar-refractivity contribution is -0.0429. The number of anilines is 1. The summed E-state index contributed by atoms with van der Waals surface area (Å²) in [5.41, 5.74) is -3.20. The van der Waals surface area contributed by atoms with Crippen LogP contribution in [0.4, 0.5) is 18.9 Å². The third kappa shape index (κ3) is 4.21. The van der Waals surface area contributed by atoms with Crippen LogP contribution in [0, 0.1) is 3.57 Å². The largest absolute Gasteiger partial charge is 0.516 e. The van der Waals surface area contributed by atoms with Crippen LogP contribution in [-0.4, -0.2) is 31.3 Å². The summed E-state index contributed by atoms with van der Waals surface area (Å²) in [6, 6.07) is 11.2. The molecule has 1 N–H and O–H groups in total. The number of carbonyl (C=O) groups is 1. The normalized spacial score (nSPS) is 14.8. The molecule has 0 fully saturated rings. The summed E-state index contributed by atoms with van der Waals surface area (Å²) in [7, 11) is -5.45. The lowest BCUT2D eigenvalue weighted by Crippen LogP contribution is -2.37. The minimum absolute atomic E-state index is 0.0944.